The number of hydrogen-bond donors (Lipinski definition) is 1. The molecule has 0 spiro atoms. The van der Waals surface area contributed by atoms with Crippen molar-refractivity contribution in [2.24, 2.45) is 0 Å². The van der Waals surface area contributed by atoms with E-state index in [9.17, 15) is 13.2 Å². The SMILES string of the molecule is CCOc1ccc(N2C(=O)c3cc(S(=O)(=O)Nc4ccc(C)cc4)ccc3N(Cc3ccccc3)[C@H]2c2c(F)cccc2Cl)cc1. The lowest BCUT2D eigenvalue weighted by molar-refractivity contribution is 0.0967. The molecule has 1 amide bonds. The Labute approximate surface area is 272 Å². The molecule has 0 aliphatic carbocycles. The summed E-state index contributed by atoms with van der Waals surface area (Å²) in [6, 6.07) is 32.2. The molecule has 6 rings (SSSR count). The van der Waals surface area contributed by atoms with E-state index in [4.69, 9.17) is 16.3 Å². The number of hydrogen-bond acceptors (Lipinski definition) is 5. The molecule has 234 valence electrons. The number of ether oxygens (including phenoxy) is 1. The molecule has 0 aromatic heterocycles. The molecule has 1 atom stereocenters. The molecule has 1 N–H and O–H groups in total. The van der Waals surface area contributed by atoms with E-state index in [1.54, 1.807) is 60.7 Å². The number of benzene rings is 5. The number of halogens is 2. The average molecular weight is 656 g/mol. The summed E-state index contributed by atoms with van der Waals surface area (Å²) in [5.74, 6) is -0.488. The van der Waals surface area contributed by atoms with Gasteiger partial charge in [-0.15, -0.1) is 0 Å². The highest BCUT2D eigenvalue weighted by Gasteiger charge is 2.42. The Hall–Kier alpha value is -4.86. The van der Waals surface area contributed by atoms with Gasteiger partial charge in [0.15, 0.2) is 0 Å². The Balaban J connectivity index is 1.54. The minimum Gasteiger partial charge on any atom is -0.494 e. The lowest BCUT2D eigenvalue weighted by Crippen LogP contribution is -2.50. The van der Waals surface area contributed by atoms with E-state index in [1.165, 1.54) is 29.2 Å². The van der Waals surface area contributed by atoms with Crippen LogP contribution in [0.4, 0.5) is 21.5 Å². The third-order valence-electron chi connectivity index (χ3n) is 7.76. The third kappa shape index (κ3) is 6.16. The molecule has 1 aliphatic rings. The summed E-state index contributed by atoms with van der Waals surface area (Å²) in [7, 11) is -4.07. The largest absolute Gasteiger partial charge is 0.494 e. The highest BCUT2D eigenvalue weighted by atomic mass is 35.5. The Morgan fingerprint density at radius 1 is 0.891 bits per heavy atom. The van der Waals surface area contributed by atoms with Gasteiger partial charge in [0.25, 0.3) is 15.9 Å². The highest BCUT2D eigenvalue weighted by Crippen LogP contribution is 2.45. The van der Waals surface area contributed by atoms with Gasteiger partial charge in [-0.05, 0) is 86.1 Å². The van der Waals surface area contributed by atoms with Crippen LogP contribution in [0.15, 0.2) is 120 Å². The van der Waals surface area contributed by atoms with Crippen LogP contribution in [0.3, 0.4) is 0 Å². The molecule has 5 aromatic carbocycles. The molecule has 0 unspecified atom stereocenters. The maximum absolute atomic E-state index is 15.8. The van der Waals surface area contributed by atoms with Gasteiger partial charge in [-0.2, -0.15) is 0 Å². The van der Waals surface area contributed by atoms with Crippen LogP contribution in [0.2, 0.25) is 5.02 Å². The second-order valence-corrected chi connectivity index (χ2v) is 13.0. The van der Waals surface area contributed by atoms with Crippen LogP contribution >= 0.6 is 11.6 Å². The first-order valence-electron chi connectivity index (χ1n) is 14.7. The van der Waals surface area contributed by atoms with Gasteiger partial charge in [-0.25, -0.2) is 12.8 Å². The number of carbonyl (C=O) groups excluding carboxylic acids is 1. The quantitative estimate of drug-likeness (QED) is 0.173. The maximum atomic E-state index is 15.8. The zero-order valence-electron chi connectivity index (χ0n) is 25.2. The van der Waals surface area contributed by atoms with Gasteiger partial charge in [0.05, 0.1) is 27.8 Å². The fourth-order valence-electron chi connectivity index (χ4n) is 5.57. The molecule has 0 bridgehead atoms. The van der Waals surface area contributed by atoms with E-state index in [2.05, 4.69) is 4.72 Å². The maximum Gasteiger partial charge on any atom is 0.262 e. The molecule has 46 heavy (non-hydrogen) atoms. The molecule has 5 aromatic rings. The average Bonchev–Trinajstić information content (AvgIpc) is 3.05. The fraction of sp³-hybridized carbons (Fsp3) is 0.139. The van der Waals surface area contributed by atoms with Crippen molar-refractivity contribution in [3.8, 4) is 5.75 Å². The number of rotatable bonds is 9. The van der Waals surface area contributed by atoms with Gasteiger partial charge < -0.3 is 9.64 Å². The summed E-state index contributed by atoms with van der Waals surface area (Å²) in [5.41, 5.74) is 3.42. The van der Waals surface area contributed by atoms with Crippen molar-refractivity contribution >= 4 is 44.6 Å². The lowest BCUT2D eigenvalue weighted by Gasteiger charge is -2.46. The number of anilines is 3. The van der Waals surface area contributed by atoms with E-state index < -0.39 is 27.9 Å². The first-order valence-corrected chi connectivity index (χ1v) is 16.6. The molecule has 7 nitrogen and oxygen atoms in total. The summed E-state index contributed by atoms with van der Waals surface area (Å²) < 4.78 is 51.1. The van der Waals surface area contributed by atoms with Crippen molar-refractivity contribution < 1.29 is 22.3 Å². The zero-order chi connectivity index (χ0) is 32.4. The number of aryl methyl sites for hydroxylation is 1. The third-order valence-corrected chi connectivity index (χ3v) is 9.47. The van der Waals surface area contributed by atoms with Gasteiger partial charge in [-0.1, -0.05) is 65.7 Å². The lowest BCUT2D eigenvalue weighted by atomic mass is 9.98. The Morgan fingerprint density at radius 3 is 2.28 bits per heavy atom. The van der Waals surface area contributed by atoms with E-state index in [-0.39, 0.29) is 27.6 Å². The Kier molecular flexibility index (Phi) is 8.71. The number of nitrogens with zero attached hydrogens (tertiary/aromatic N) is 2. The molecule has 0 saturated carbocycles. The highest BCUT2D eigenvalue weighted by molar-refractivity contribution is 7.92. The van der Waals surface area contributed by atoms with Crippen molar-refractivity contribution in [3.05, 3.63) is 148 Å². The predicted molar refractivity (Wildman–Crippen MR) is 180 cm³/mol. The summed E-state index contributed by atoms with van der Waals surface area (Å²) in [4.78, 5) is 17.8. The second-order valence-electron chi connectivity index (χ2n) is 10.9. The second kappa shape index (κ2) is 12.9. The monoisotopic (exact) mass is 655 g/mol. The Bertz CT molecular complexity index is 1970. The molecule has 10 heteroatoms. The minimum absolute atomic E-state index is 0.0890. The smallest absolute Gasteiger partial charge is 0.262 e. The van der Waals surface area contributed by atoms with Crippen LogP contribution < -0.4 is 19.3 Å². The summed E-state index contributed by atoms with van der Waals surface area (Å²) in [6.07, 6.45) is -1.01. The van der Waals surface area contributed by atoms with Crippen molar-refractivity contribution in [2.75, 3.05) is 21.1 Å². The first-order chi connectivity index (χ1) is 22.2. The Morgan fingerprint density at radius 2 is 1.61 bits per heavy atom. The standard InChI is InChI=1S/C36H31ClFN3O4S/c1-3-45-28-18-16-27(17-19-28)41-35(34-31(37)10-7-11-32(34)38)40(23-25-8-5-4-6-9-25)33-21-20-29(22-30(33)36(41)42)46(43,44)39-26-14-12-24(2)13-15-26/h4-22,35,39H,3,23H2,1-2H3/t35-/m1/s1. The molecular formula is C36H31ClFN3O4S. The zero-order valence-corrected chi connectivity index (χ0v) is 26.7. The van der Waals surface area contributed by atoms with E-state index in [0.717, 1.165) is 11.1 Å². The molecule has 1 heterocycles. The van der Waals surface area contributed by atoms with Crippen LogP contribution in [0, 0.1) is 12.7 Å². The summed E-state index contributed by atoms with van der Waals surface area (Å²) >= 11 is 6.68. The van der Waals surface area contributed by atoms with Crippen LogP contribution in [-0.4, -0.2) is 20.9 Å². The van der Waals surface area contributed by atoms with Crippen molar-refractivity contribution in [1.82, 2.24) is 0 Å². The van der Waals surface area contributed by atoms with Gasteiger partial charge in [-0.3, -0.25) is 14.4 Å². The fourth-order valence-corrected chi connectivity index (χ4v) is 6.92. The molecule has 1 aliphatic heterocycles. The first kappa shape index (κ1) is 31.1. The van der Waals surface area contributed by atoms with E-state index >= 15 is 4.39 Å². The summed E-state index contributed by atoms with van der Waals surface area (Å²) in [6.45, 7) is 4.50. The number of carbonyl (C=O) groups is 1. The number of fused-ring (bicyclic) bond motifs is 1. The molecule has 0 radical (unpaired) electrons. The van der Waals surface area contributed by atoms with Crippen molar-refractivity contribution in [1.29, 1.82) is 0 Å². The van der Waals surface area contributed by atoms with Crippen LogP contribution in [-0.2, 0) is 16.6 Å². The van der Waals surface area contributed by atoms with Gasteiger partial charge in [0, 0.05) is 23.5 Å². The number of amides is 1. The van der Waals surface area contributed by atoms with Crippen LogP contribution in [0.1, 0.15) is 40.1 Å². The predicted octanol–water partition coefficient (Wildman–Crippen LogP) is 8.35. The topological polar surface area (TPSA) is 78.9 Å². The van der Waals surface area contributed by atoms with Gasteiger partial charge in [0.2, 0.25) is 0 Å². The number of nitrogens with one attached hydrogen (secondary N) is 1. The van der Waals surface area contributed by atoms with Crippen molar-refractivity contribution in [2.45, 2.75) is 31.5 Å². The van der Waals surface area contributed by atoms with Gasteiger partial charge >= 0.3 is 0 Å². The normalized spacial score (nSPS) is 14.6. The summed E-state index contributed by atoms with van der Waals surface area (Å²) in [5, 5.41) is 0.150. The molecular weight excluding hydrogens is 625 g/mol. The van der Waals surface area contributed by atoms with E-state index in [0.29, 0.717) is 29.4 Å². The minimum atomic E-state index is -4.07. The number of sulfonamides is 1. The van der Waals surface area contributed by atoms with Gasteiger partial charge in [0.1, 0.15) is 17.7 Å². The van der Waals surface area contributed by atoms with E-state index in [1.807, 2.05) is 49.1 Å². The van der Waals surface area contributed by atoms with Crippen molar-refractivity contribution in [3.63, 3.8) is 0 Å². The van der Waals surface area contributed by atoms with Crippen LogP contribution in [0.25, 0.3) is 0 Å². The molecule has 0 saturated heterocycles. The van der Waals surface area contributed by atoms with Crippen LogP contribution in [0.5, 0.6) is 5.75 Å². The molecule has 0 fully saturated rings.